The highest BCUT2D eigenvalue weighted by molar-refractivity contribution is 6.00. The van der Waals surface area contributed by atoms with E-state index >= 15 is 0 Å². The molecule has 77 heavy (non-hydrogen) atoms. The molecule has 0 bridgehead atoms. The fourth-order valence-corrected chi connectivity index (χ4v) is 10.6. The van der Waals surface area contributed by atoms with Gasteiger partial charge >= 0.3 is 0 Å². The van der Waals surface area contributed by atoms with Gasteiger partial charge in [-0.3, -0.25) is 9.59 Å². The molecular weight excluding hydrogens is 953 g/mol. The summed E-state index contributed by atoms with van der Waals surface area (Å²) in [5, 5.41) is 29.0. The van der Waals surface area contributed by atoms with Crippen molar-refractivity contribution in [3.8, 4) is 17.5 Å². The number of rotatable bonds is 23. The maximum atomic E-state index is 13.6. The molecule has 7 rings (SSSR count). The topological polar surface area (TPSA) is 199 Å². The minimum Gasteiger partial charge on any atom is -0.380 e. The number of aromatic amines is 1. The normalized spacial score (nSPS) is 15.0. The van der Waals surface area contributed by atoms with Crippen molar-refractivity contribution < 1.29 is 4.79 Å². The lowest BCUT2D eigenvalue weighted by molar-refractivity contribution is 0.100. The van der Waals surface area contributed by atoms with Gasteiger partial charge in [0.05, 0.1) is 44.5 Å². The second-order valence-electron chi connectivity index (χ2n) is 22.9. The van der Waals surface area contributed by atoms with Crippen LogP contribution in [0.2, 0.25) is 0 Å². The van der Waals surface area contributed by atoms with Gasteiger partial charge in [0, 0.05) is 50.5 Å². The number of nitrogens with one attached hydrogen (secondary N) is 6. The first-order valence-corrected chi connectivity index (χ1v) is 27.4. The Kier molecular flexibility index (Phi) is 16.7. The lowest BCUT2D eigenvalue weighted by Gasteiger charge is -2.48. The Balaban J connectivity index is 1.05. The summed E-state index contributed by atoms with van der Waals surface area (Å²) in [6.45, 7) is 28.3. The Morgan fingerprint density at radius 2 is 1.09 bits per heavy atom. The lowest BCUT2D eigenvalue weighted by atomic mass is 9.64. The molecule has 0 aliphatic rings. The Morgan fingerprint density at radius 1 is 0.571 bits per heavy atom. The van der Waals surface area contributed by atoms with Crippen molar-refractivity contribution in [3.63, 3.8) is 0 Å². The third-order valence-electron chi connectivity index (χ3n) is 17.5. The van der Waals surface area contributed by atoms with E-state index in [-0.39, 0.29) is 21.9 Å². The Bertz CT molecular complexity index is 3320. The molecule has 12 heteroatoms. The average Bonchev–Trinajstić information content (AvgIpc) is 3.46. The van der Waals surface area contributed by atoms with Crippen LogP contribution in [0.4, 0.5) is 39.8 Å². The van der Waals surface area contributed by atoms with E-state index in [1.54, 1.807) is 0 Å². The number of fused-ring (bicyclic) bond motifs is 1. The van der Waals surface area contributed by atoms with Crippen LogP contribution < -0.4 is 43.6 Å². The van der Waals surface area contributed by atoms with E-state index in [9.17, 15) is 14.9 Å². The van der Waals surface area contributed by atoms with Crippen molar-refractivity contribution in [2.45, 2.75) is 162 Å². The summed E-state index contributed by atoms with van der Waals surface area (Å²) >= 11 is 0. The van der Waals surface area contributed by atoms with Crippen LogP contribution in [0.5, 0.6) is 0 Å². The molecule has 6 aromatic carbocycles. The number of nitriles is 1. The molecule has 4 atom stereocenters. The van der Waals surface area contributed by atoms with E-state index in [0.29, 0.717) is 52.1 Å². The van der Waals surface area contributed by atoms with Crippen LogP contribution in [0.25, 0.3) is 22.3 Å². The van der Waals surface area contributed by atoms with Crippen LogP contribution in [0.3, 0.4) is 0 Å². The summed E-state index contributed by atoms with van der Waals surface area (Å²) in [6, 6.07) is 44.6. The summed E-state index contributed by atoms with van der Waals surface area (Å²) in [5.74, 6) is 0.0380. The van der Waals surface area contributed by atoms with Crippen LogP contribution in [0.15, 0.2) is 132 Å². The number of aromatic nitrogens is 2. The smallest absolute Gasteiger partial charge is 0.281 e. The molecule has 1 amide bonds. The van der Waals surface area contributed by atoms with Gasteiger partial charge in [-0.25, -0.2) is 0 Å². The minimum absolute atomic E-state index is 0.0620. The predicted molar refractivity (Wildman–Crippen MR) is 323 cm³/mol. The first-order valence-electron chi connectivity index (χ1n) is 27.4. The highest BCUT2D eigenvalue weighted by atomic mass is 16.1. The molecule has 1 heterocycles. The third-order valence-corrected chi connectivity index (χ3v) is 17.5. The van der Waals surface area contributed by atoms with Crippen molar-refractivity contribution in [1.82, 2.24) is 9.97 Å². The first kappa shape index (κ1) is 57.1. The Labute approximate surface area is 457 Å². The maximum Gasteiger partial charge on any atom is 0.281 e. The molecule has 0 aliphatic carbocycles. The fourth-order valence-electron chi connectivity index (χ4n) is 10.6. The van der Waals surface area contributed by atoms with E-state index in [1.165, 1.54) is 5.56 Å². The molecule has 7 aromatic rings. The zero-order valence-corrected chi connectivity index (χ0v) is 47.7. The summed E-state index contributed by atoms with van der Waals surface area (Å²) in [5.41, 5.74) is 22.1. The van der Waals surface area contributed by atoms with Gasteiger partial charge < -0.3 is 43.0 Å². The van der Waals surface area contributed by atoms with Gasteiger partial charge in [-0.2, -0.15) is 10.2 Å². The maximum absolute atomic E-state index is 13.6. The summed E-state index contributed by atoms with van der Waals surface area (Å²) < 4.78 is 0. The number of hydrogen-bond donors (Lipinski definition) is 8. The number of amides is 1. The van der Waals surface area contributed by atoms with Crippen molar-refractivity contribution in [2.24, 2.45) is 11.5 Å². The van der Waals surface area contributed by atoms with Gasteiger partial charge in [0.25, 0.3) is 11.5 Å². The van der Waals surface area contributed by atoms with Crippen LogP contribution in [0, 0.1) is 11.3 Å². The van der Waals surface area contributed by atoms with E-state index < -0.39 is 22.5 Å². The highest BCUT2D eigenvalue weighted by Gasteiger charge is 2.45. The molecule has 0 saturated carbocycles. The quantitative estimate of drug-likeness (QED) is 0.0305. The van der Waals surface area contributed by atoms with Gasteiger partial charge in [-0.1, -0.05) is 111 Å². The van der Waals surface area contributed by atoms with Crippen LogP contribution in [0.1, 0.15) is 161 Å². The van der Waals surface area contributed by atoms with Gasteiger partial charge in [0.15, 0.2) is 0 Å². The molecule has 4 unspecified atom stereocenters. The Morgan fingerprint density at radius 3 is 1.64 bits per heavy atom. The number of carbonyl (C=O) groups excluding carboxylic acids is 1. The van der Waals surface area contributed by atoms with Crippen molar-refractivity contribution >= 4 is 56.6 Å². The van der Waals surface area contributed by atoms with Crippen LogP contribution in [-0.4, -0.2) is 32.5 Å². The zero-order valence-electron chi connectivity index (χ0n) is 47.7. The zero-order chi connectivity index (χ0) is 56.1. The van der Waals surface area contributed by atoms with Crippen molar-refractivity contribution in [2.75, 3.05) is 26.6 Å². The van der Waals surface area contributed by atoms with E-state index in [0.717, 1.165) is 70.8 Å². The first-order chi connectivity index (χ1) is 36.4. The van der Waals surface area contributed by atoms with Gasteiger partial charge in [-0.15, -0.1) is 0 Å². The molecule has 404 valence electrons. The van der Waals surface area contributed by atoms with Crippen LogP contribution in [-0.2, 0) is 16.4 Å². The fraction of sp³-hybridized carbons (Fsp3) is 0.385. The number of primary amides is 1. The molecule has 0 aliphatic heterocycles. The number of anilines is 7. The lowest BCUT2D eigenvalue weighted by Crippen LogP contribution is -2.60. The van der Waals surface area contributed by atoms with Crippen molar-refractivity contribution in [3.05, 3.63) is 166 Å². The summed E-state index contributed by atoms with van der Waals surface area (Å²) in [6.07, 6.45) is 4.94. The van der Waals surface area contributed by atoms with Crippen molar-refractivity contribution in [1.29, 1.82) is 5.26 Å². The molecule has 1 aromatic heterocycles. The minimum atomic E-state index is -0.808. The molecule has 0 fully saturated rings. The monoisotopic (exact) mass is 1030 g/mol. The molecule has 0 saturated heterocycles. The number of hydrogen-bond acceptors (Lipinski definition) is 10. The second kappa shape index (κ2) is 22.5. The largest absolute Gasteiger partial charge is 0.380 e. The van der Waals surface area contributed by atoms with Gasteiger partial charge in [0.1, 0.15) is 11.9 Å². The second-order valence-corrected chi connectivity index (χ2v) is 22.9. The Hall–Kier alpha value is -7.62. The SMILES string of the molecule is CCC(C)(C)Nc1ccc(Nc2ccc(C(C)(CC)C(C)(CC)Nc3ccc(Nc4ccc(C(N)(CC)C(C)(CC)Nc5ccc6[nH]c(-c7ccc(C(C)(C)CC)cc7)nc(=O)c6c5)cc4)c(C#N)c3)cc2)c(C(N)=O)c1. The third kappa shape index (κ3) is 11.7. The number of H-pyrrole nitrogens is 1. The molecular formula is C65H82N10O2. The molecule has 0 spiro atoms. The van der Waals surface area contributed by atoms with E-state index in [1.807, 2.05) is 91.0 Å². The summed E-state index contributed by atoms with van der Waals surface area (Å²) in [4.78, 5) is 34.0. The van der Waals surface area contributed by atoms with Gasteiger partial charge in [0.2, 0.25) is 0 Å². The standard InChI is InChI=1S/C65H82N10O2/c1-14-60(7,8)44-22-20-42(21-23-44)58-71-56-37-34-51(40-53(56)59(77)72-58)75-64(13,18-5)65(68,19-6)46-26-30-47(31-27-46)69-54-35-32-49(38-43(54)41-66)74-63(12,17-4)62(11,16-3)45-24-28-48(29-25-45)70-55-36-33-50(39-52(55)57(67)76)73-61(9,10)15-2/h20-40,69-70,73-75H,14-19,68H2,1-13H3,(H2,67,76)(H,71,72,77). The number of nitrogens with zero attached hydrogens (tertiary/aromatic N) is 2. The molecule has 0 radical (unpaired) electrons. The van der Waals surface area contributed by atoms with E-state index in [2.05, 4.69) is 169 Å². The molecule has 10 N–H and O–H groups in total. The van der Waals surface area contributed by atoms with Crippen LogP contribution >= 0.6 is 0 Å². The highest BCUT2D eigenvalue weighted by Crippen LogP contribution is 2.44. The predicted octanol–water partition coefficient (Wildman–Crippen LogP) is 15.1. The average molecular weight is 1040 g/mol. The number of nitrogens with two attached hydrogens (primary N) is 2. The van der Waals surface area contributed by atoms with E-state index in [4.69, 9.17) is 11.5 Å². The number of benzene rings is 6. The molecule has 12 nitrogen and oxygen atoms in total. The number of carbonyl (C=O) groups is 1. The summed E-state index contributed by atoms with van der Waals surface area (Å²) in [7, 11) is 0. The van der Waals surface area contributed by atoms with Gasteiger partial charge in [-0.05, 0) is 167 Å².